The van der Waals surface area contributed by atoms with Gasteiger partial charge in [0.15, 0.2) is 6.10 Å². The number of aliphatic hydroxyl groups excluding tert-OH is 1. The first-order valence-electron chi connectivity index (χ1n) is 5.25. The lowest BCUT2D eigenvalue weighted by Crippen LogP contribution is -2.45. The highest BCUT2D eigenvalue weighted by molar-refractivity contribution is 5.74. The molecule has 0 spiro atoms. The molecule has 0 rings (SSSR count). The second kappa shape index (κ2) is 6.41. The Morgan fingerprint density at radius 2 is 1.94 bits per heavy atom. The van der Waals surface area contributed by atoms with Crippen LogP contribution in [-0.4, -0.2) is 64.1 Å². The molecule has 7 heteroatoms. The van der Waals surface area contributed by atoms with E-state index < -0.39 is 23.7 Å². The van der Waals surface area contributed by atoms with E-state index in [0.717, 1.165) is 0 Å². The topological polar surface area (TPSA) is 110 Å². The lowest BCUT2D eigenvalue weighted by molar-refractivity contribution is -0.146. The number of carbonyl (C=O) groups is 2. The number of aliphatic carboxylic acids is 1. The van der Waals surface area contributed by atoms with Gasteiger partial charge >= 0.3 is 12.0 Å². The fourth-order valence-electron chi connectivity index (χ4n) is 1.23. The van der Waals surface area contributed by atoms with Gasteiger partial charge in [0.25, 0.3) is 0 Å². The Kier molecular flexibility index (Phi) is 5.90. The minimum atomic E-state index is -1.48. The number of rotatable bonds is 6. The molecule has 0 saturated carbocycles. The first-order chi connectivity index (χ1) is 7.63. The molecule has 17 heavy (non-hydrogen) atoms. The molecule has 0 aromatic rings. The Labute approximate surface area is 100 Å². The molecule has 0 aliphatic carbocycles. The van der Waals surface area contributed by atoms with Crippen LogP contribution in [0.5, 0.6) is 0 Å². The van der Waals surface area contributed by atoms with Crippen LogP contribution in [0.3, 0.4) is 0 Å². The van der Waals surface area contributed by atoms with Crippen molar-refractivity contribution in [1.82, 2.24) is 10.2 Å². The molecule has 0 aliphatic rings. The monoisotopic (exact) mass is 248 g/mol. The summed E-state index contributed by atoms with van der Waals surface area (Å²) in [6.45, 7) is 3.36. The Balaban J connectivity index is 3.91. The van der Waals surface area contributed by atoms with Gasteiger partial charge in [0.1, 0.15) is 0 Å². The molecule has 1 unspecified atom stereocenters. The van der Waals surface area contributed by atoms with Crippen LogP contribution >= 0.6 is 0 Å². The van der Waals surface area contributed by atoms with Gasteiger partial charge in [0.05, 0.1) is 12.1 Å². The van der Waals surface area contributed by atoms with Crippen LogP contribution in [0, 0.1) is 0 Å². The normalized spacial score (nSPS) is 13.0. The van der Waals surface area contributed by atoms with Gasteiger partial charge in [0.2, 0.25) is 0 Å². The number of carboxylic acid groups (broad SMARTS) is 1. The van der Waals surface area contributed by atoms with Crippen molar-refractivity contribution >= 4 is 12.0 Å². The van der Waals surface area contributed by atoms with Crippen molar-refractivity contribution in [2.75, 3.05) is 20.1 Å². The highest BCUT2D eigenvalue weighted by Crippen LogP contribution is 2.03. The van der Waals surface area contributed by atoms with Crippen molar-refractivity contribution in [2.24, 2.45) is 0 Å². The van der Waals surface area contributed by atoms with Gasteiger partial charge in [-0.05, 0) is 13.8 Å². The molecule has 0 saturated heterocycles. The number of urea groups is 1. The predicted octanol–water partition coefficient (Wildman–Crippen LogP) is -0.766. The van der Waals surface area contributed by atoms with Crippen LogP contribution < -0.4 is 5.32 Å². The number of amides is 2. The number of hydrogen-bond acceptors (Lipinski definition) is 4. The summed E-state index contributed by atoms with van der Waals surface area (Å²) in [6.07, 6.45) is -1.54. The summed E-state index contributed by atoms with van der Waals surface area (Å²) >= 11 is 0. The maximum absolute atomic E-state index is 11.4. The average molecular weight is 248 g/mol. The quantitative estimate of drug-likeness (QED) is 0.493. The summed E-state index contributed by atoms with van der Waals surface area (Å²) in [5.74, 6) is -1.32. The fourth-order valence-corrected chi connectivity index (χ4v) is 1.23. The third-order valence-corrected chi connectivity index (χ3v) is 1.95. The molecule has 0 bridgehead atoms. The smallest absolute Gasteiger partial charge is 0.332 e. The van der Waals surface area contributed by atoms with E-state index in [2.05, 4.69) is 5.32 Å². The first-order valence-corrected chi connectivity index (χ1v) is 5.25. The summed E-state index contributed by atoms with van der Waals surface area (Å²) in [5.41, 5.74) is -0.993. The third kappa shape index (κ3) is 7.53. The Morgan fingerprint density at radius 3 is 2.35 bits per heavy atom. The van der Waals surface area contributed by atoms with Gasteiger partial charge < -0.3 is 25.5 Å². The number of nitrogens with zero attached hydrogens (tertiary/aromatic N) is 1. The summed E-state index contributed by atoms with van der Waals surface area (Å²) in [5, 5.41) is 29.3. The third-order valence-electron chi connectivity index (χ3n) is 1.95. The zero-order valence-electron chi connectivity index (χ0n) is 10.3. The van der Waals surface area contributed by atoms with E-state index in [1.807, 2.05) is 0 Å². The molecule has 0 aliphatic heterocycles. The van der Waals surface area contributed by atoms with Gasteiger partial charge in [-0.2, -0.15) is 0 Å². The van der Waals surface area contributed by atoms with Crippen LogP contribution in [0.15, 0.2) is 0 Å². The molecule has 7 nitrogen and oxygen atoms in total. The van der Waals surface area contributed by atoms with Crippen molar-refractivity contribution in [3.8, 4) is 0 Å². The van der Waals surface area contributed by atoms with Crippen LogP contribution in [0.1, 0.15) is 20.3 Å². The van der Waals surface area contributed by atoms with E-state index in [1.165, 1.54) is 11.9 Å². The Hall–Kier alpha value is -1.34. The van der Waals surface area contributed by atoms with Gasteiger partial charge in [-0.1, -0.05) is 0 Å². The maximum Gasteiger partial charge on any atom is 0.332 e. The number of aliphatic hydroxyl groups is 2. The number of carboxylic acids is 1. The predicted molar refractivity (Wildman–Crippen MR) is 60.6 cm³/mol. The van der Waals surface area contributed by atoms with Gasteiger partial charge in [-0.15, -0.1) is 0 Å². The lowest BCUT2D eigenvalue weighted by atomic mass is 10.1. The van der Waals surface area contributed by atoms with Crippen molar-refractivity contribution in [1.29, 1.82) is 0 Å². The van der Waals surface area contributed by atoms with E-state index in [0.29, 0.717) is 0 Å². The molecule has 0 heterocycles. The van der Waals surface area contributed by atoms with Crippen molar-refractivity contribution in [2.45, 2.75) is 32.0 Å². The van der Waals surface area contributed by atoms with E-state index in [4.69, 9.17) is 10.2 Å². The standard InChI is InChI=1S/C10H20N2O5/c1-10(2,17)6-12(3)9(16)11-5-4-7(13)8(14)15/h7,13,17H,4-6H2,1-3H3,(H,11,16)(H,14,15). The molecule has 0 aromatic carbocycles. The molecule has 1 atom stereocenters. The summed E-state index contributed by atoms with van der Waals surface area (Å²) in [7, 11) is 1.51. The molecule has 0 fully saturated rings. The minimum Gasteiger partial charge on any atom is -0.479 e. The molecular formula is C10H20N2O5. The van der Waals surface area contributed by atoms with Crippen LogP contribution in [0.2, 0.25) is 0 Å². The van der Waals surface area contributed by atoms with Crippen LogP contribution in [0.25, 0.3) is 0 Å². The number of carbonyl (C=O) groups excluding carboxylic acids is 1. The van der Waals surface area contributed by atoms with E-state index in [9.17, 15) is 14.7 Å². The lowest BCUT2D eigenvalue weighted by Gasteiger charge is -2.25. The number of hydrogen-bond donors (Lipinski definition) is 4. The van der Waals surface area contributed by atoms with Crippen molar-refractivity contribution in [3.63, 3.8) is 0 Å². The highest BCUT2D eigenvalue weighted by atomic mass is 16.4. The Bertz CT molecular complexity index is 274. The fraction of sp³-hybridized carbons (Fsp3) is 0.800. The highest BCUT2D eigenvalue weighted by Gasteiger charge is 2.19. The minimum absolute atomic E-state index is 0.0580. The van der Waals surface area contributed by atoms with Gasteiger partial charge in [-0.25, -0.2) is 9.59 Å². The molecular weight excluding hydrogens is 228 g/mol. The summed E-state index contributed by atoms with van der Waals surface area (Å²) in [4.78, 5) is 23.0. The number of nitrogens with one attached hydrogen (secondary N) is 1. The van der Waals surface area contributed by atoms with Crippen LogP contribution in [-0.2, 0) is 4.79 Å². The molecule has 100 valence electrons. The zero-order valence-corrected chi connectivity index (χ0v) is 10.3. The Morgan fingerprint density at radius 1 is 1.41 bits per heavy atom. The molecule has 0 aromatic heterocycles. The van der Waals surface area contributed by atoms with E-state index >= 15 is 0 Å². The maximum atomic E-state index is 11.4. The second-order valence-electron chi connectivity index (χ2n) is 4.54. The number of likely N-dealkylation sites (N-methyl/N-ethyl adjacent to an activating group) is 1. The van der Waals surface area contributed by atoms with E-state index in [-0.39, 0.29) is 19.5 Å². The average Bonchev–Trinajstić information content (AvgIpc) is 2.14. The first kappa shape index (κ1) is 15.7. The van der Waals surface area contributed by atoms with Gasteiger partial charge in [-0.3, -0.25) is 0 Å². The largest absolute Gasteiger partial charge is 0.479 e. The molecule has 0 radical (unpaired) electrons. The van der Waals surface area contributed by atoms with E-state index in [1.54, 1.807) is 13.8 Å². The SMILES string of the molecule is CN(CC(C)(C)O)C(=O)NCCC(O)C(=O)O. The summed E-state index contributed by atoms with van der Waals surface area (Å²) < 4.78 is 0. The van der Waals surface area contributed by atoms with Crippen molar-refractivity contribution < 1.29 is 24.9 Å². The second-order valence-corrected chi connectivity index (χ2v) is 4.54. The zero-order chi connectivity index (χ0) is 13.6. The summed E-state index contributed by atoms with van der Waals surface area (Å²) in [6, 6.07) is -0.426. The van der Waals surface area contributed by atoms with Crippen LogP contribution in [0.4, 0.5) is 4.79 Å². The van der Waals surface area contributed by atoms with Gasteiger partial charge in [0, 0.05) is 20.0 Å². The molecule has 4 N–H and O–H groups in total. The van der Waals surface area contributed by atoms with Crippen molar-refractivity contribution in [3.05, 3.63) is 0 Å². The molecule has 2 amide bonds.